The van der Waals surface area contributed by atoms with Crippen molar-refractivity contribution in [3.63, 3.8) is 0 Å². The van der Waals surface area contributed by atoms with Crippen molar-refractivity contribution < 1.29 is 18.8 Å². The Bertz CT molecular complexity index is 1050. The Hall–Kier alpha value is -3.55. The molecule has 0 spiro atoms. The fourth-order valence-electron chi connectivity index (χ4n) is 3.04. The molecule has 8 heteroatoms. The lowest BCUT2D eigenvalue weighted by Crippen LogP contribution is -2.17. The first kappa shape index (κ1) is 20.2. The van der Waals surface area contributed by atoms with Gasteiger partial charge in [-0.15, -0.1) is 0 Å². The van der Waals surface area contributed by atoms with Gasteiger partial charge in [-0.2, -0.15) is 5.10 Å². The van der Waals surface area contributed by atoms with Crippen LogP contribution in [0.5, 0.6) is 11.5 Å². The number of aryl methyl sites for hydroxylation is 2. The molecule has 0 saturated carbocycles. The predicted molar refractivity (Wildman–Crippen MR) is 109 cm³/mol. The number of carbonyl (C=O) groups excluding carboxylic acids is 1. The molecule has 2 heterocycles. The number of nitrogens with one attached hydrogen (secondary N) is 1. The van der Waals surface area contributed by atoms with Gasteiger partial charge in [0.05, 0.1) is 19.9 Å². The van der Waals surface area contributed by atoms with E-state index < -0.39 is 0 Å². The molecule has 1 amide bonds. The van der Waals surface area contributed by atoms with Crippen molar-refractivity contribution in [1.82, 2.24) is 15.1 Å². The van der Waals surface area contributed by atoms with E-state index in [1.165, 1.54) is 7.11 Å². The summed E-state index contributed by atoms with van der Waals surface area (Å²) in [4.78, 5) is 12.4. The largest absolute Gasteiger partial charge is 0.493 e. The summed E-state index contributed by atoms with van der Waals surface area (Å²) in [6.45, 7) is 8.17. The topological polar surface area (TPSA) is 90.9 Å². The van der Waals surface area contributed by atoms with E-state index in [1.807, 2.05) is 44.4 Å². The molecule has 0 aliphatic rings. The Morgan fingerprint density at radius 2 is 2.03 bits per heavy atom. The molecule has 0 fully saturated rings. The van der Waals surface area contributed by atoms with Gasteiger partial charge in [0, 0.05) is 28.6 Å². The van der Waals surface area contributed by atoms with E-state index in [9.17, 15) is 4.79 Å². The number of rotatable bonds is 7. The number of nitrogens with zero attached hydrogens (tertiary/aromatic N) is 3. The molecule has 3 aromatic rings. The number of hydrazone groups is 1. The molecule has 0 aliphatic carbocycles. The van der Waals surface area contributed by atoms with E-state index in [2.05, 4.69) is 15.7 Å². The molecule has 152 valence electrons. The minimum absolute atomic E-state index is 0.344. The number of hydrogen-bond donors (Lipinski definition) is 1. The van der Waals surface area contributed by atoms with Crippen LogP contribution in [-0.4, -0.2) is 35.6 Å². The van der Waals surface area contributed by atoms with Gasteiger partial charge < -0.3 is 14.0 Å². The first-order valence-electron chi connectivity index (χ1n) is 9.21. The molecule has 0 bridgehead atoms. The van der Waals surface area contributed by atoms with Crippen LogP contribution >= 0.6 is 0 Å². The van der Waals surface area contributed by atoms with E-state index in [-0.39, 0.29) is 5.91 Å². The summed E-state index contributed by atoms with van der Waals surface area (Å²) in [5.74, 6) is 2.19. The summed E-state index contributed by atoms with van der Waals surface area (Å²) < 4.78 is 17.9. The number of hydrogen-bond acceptors (Lipinski definition) is 6. The highest BCUT2D eigenvalue weighted by Crippen LogP contribution is 2.28. The van der Waals surface area contributed by atoms with Crippen molar-refractivity contribution >= 4 is 12.1 Å². The van der Waals surface area contributed by atoms with Crippen molar-refractivity contribution in [1.29, 1.82) is 0 Å². The molecule has 0 aliphatic heterocycles. The first-order valence-corrected chi connectivity index (χ1v) is 9.21. The smallest absolute Gasteiger partial charge is 0.271 e. The molecular formula is C21H24N4O4. The molecule has 8 nitrogen and oxygen atoms in total. The average molecular weight is 396 g/mol. The number of benzene rings is 1. The van der Waals surface area contributed by atoms with Gasteiger partial charge in [0.1, 0.15) is 5.76 Å². The van der Waals surface area contributed by atoms with Crippen molar-refractivity contribution in [2.45, 2.75) is 27.7 Å². The minimum atomic E-state index is -0.344. The summed E-state index contributed by atoms with van der Waals surface area (Å²) >= 11 is 0. The molecule has 2 aromatic heterocycles. The van der Waals surface area contributed by atoms with Crippen LogP contribution in [-0.2, 0) is 0 Å². The molecule has 0 radical (unpaired) electrons. The molecule has 0 unspecified atom stereocenters. The number of methoxy groups -OCH3 is 1. The molecule has 1 N–H and O–H groups in total. The molecule has 1 aromatic carbocycles. The van der Waals surface area contributed by atoms with Crippen LogP contribution in [0.3, 0.4) is 0 Å². The Morgan fingerprint density at radius 3 is 2.69 bits per heavy atom. The van der Waals surface area contributed by atoms with Crippen molar-refractivity contribution in [3.8, 4) is 17.3 Å². The highest BCUT2D eigenvalue weighted by molar-refractivity contribution is 5.95. The van der Waals surface area contributed by atoms with Crippen LogP contribution in [0.2, 0.25) is 0 Å². The Morgan fingerprint density at radius 1 is 1.24 bits per heavy atom. The lowest BCUT2D eigenvalue weighted by Gasteiger charge is -2.10. The van der Waals surface area contributed by atoms with E-state index in [0.717, 1.165) is 22.7 Å². The van der Waals surface area contributed by atoms with Crippen LogP contribution in [0.25, 0.3) is 5.82 Å². The third-order valence-electron chi connectivity index (χ3n) is 4.41. The predicted octanol–water partition coefficient (Wildman–Crippen LogP) is 3.56. The van der Waals surface area contributed by atoms with Gasteiger partial charge in [0.25, 0.3) is 5.91 Å². The van der Waals surface area contributed by atoms with Crippen LogP contribution < -0.4 is 14.9 Å². The zero-order valence-electron chi connectivity index (χ0n) is 17.1. The zero-order chi connectivity index (χ0) is 21.0. The monoisotopic (exact) mass is 396 g/mol. The fraction of sp³-hybridized carbons (Fsp3) is 0.286. The van der Waals surface area contributed by atoms with Gasteiger partial charge in [0.15, 0.2) is 17.3 Å². The van der Waals surface area contributed by atoms with Gasteiger partial charge in [-0.1, -0.05) is 5.16 Å². The van der Waals surface area contributed by atoms with Crippen molar-refractivity contribution in [2.75, 3.05) is 13.7 Å². The maximum Gasteiger partial charge on any atom is 0.271 e. The standard InChI is InChI=1S/C21H24N4O4/c1-6-28-18-8-7-16(11-19(18)27-5)21(26)23-22-12-17-9-13(2)25(15(17)4)20-10-14(3)29-24-20/h7-12H,6H2,1-5H3,(H,23,26)/b22-12-. The van der Waals surface area contributed by atoms with Gasteiger partial charge >= 0.3 is 0 Å². The molecule has 29 heavy (non-hydrogen) atoms. The van der Waals surface area contributed by atoms with Gasteiger partial charge in [-0.25, -0.2) is 5.43 Å². The SMILES string of the molecule is CCOc1ccc(C(=O)N/N=C\c2cc(C)n(-c3cc(C)on3)c2C)cc1OC. The van der Waals surface area contributed by atoms with E-state index in [1.54, 1.807) is 24.4 Å². The van der Waals surface area contributed by atoms with Crippen LogP contribution in [0.4, 0.5) is 0 Å². The average Bonchev–Trinajstić information content (AvgIpc) is 3.24. The Labute approximate surface area is 169 Å². The van der Waals surface area contributed by atoms with Crippen molar-refractivity contribution in [2.24, 2.45) is 5.10 Å². The maximum atomic E-state index is 12.4. The highest BCUT2D eigenvalue weighted by atomic mass is 16.5. The third kappa shape index (κ3) is 4.31. The maximum absolute atomic E-state index is 12.4. The lowest BCUT2D eigenvalue weighted by molar-refractivity contribution is 0.0954. The third-order valence-corrected chi connectivity index (χ3v) is 4.41. The summed E-state index contributed by atoms with van der Waals surface area (Å²) in [7, 11) is 1.53. The van der Waals surface area contributed by atoms with Crippen LogP contribution in [0.15, 0.2) is 40.0 Å². The summed E-state index contributed by atoms with van der Waals surface area (Å²) in [5, 5.41) is 8.15. The van der Waals surface area contributed by atoms with Gasteiger partial charge in [-0.3, -0.25) is 9.36 Å². The Balaban J connectivity index is 1.74. The second-order valence-corrected chi connectivity index (χ2v) is 6.46. The summed E-state index contributed by atoms with van der Waals surface area (Å²) in [6.07, 6.45) is 1.61. The number of aromatic nitrogens is 2. The van der Waals surface area contributed by atoms with Crippen LogP contribution in [0, 0.1) is 20.8 Å². The number of ether oxygens (including phenoxy) is 2. The Kier molecular flexibility index (Phi) is 6.01. The molecule has 0 atom stereocenters. The lowest BCUT2D eigenvalue weighted by atomic mass is 10.2. The summed E-state index contributed by atoms with van der Waals surface area (Å²) in [6, 6.07) is 8.82. The highest BCUT2D eigenvalue weighted by Gasteiger charge is 2.13. The second kappa shape index (κ2) is 8.64. The normalized spacial score (nSPS) is 11.1. The van der Waals surface area contributed by atoms with Crippen LogP contribution in [0.1, 0.15) is 40.0 Å². The van der Waals surface area contributed by atoms with E-state index in [0.29, 0.717) is 29.5 Å². The second-order valence-electron chi connectivity index (χ2n) is 6.46. The number of carbonyl (C=O) groups is 1. The number of amides is 1. The quantitative estimate of drug-likeness (QED) is 0.487. The van der Waals surface area contributed by atoms with Gasteiger partial charge in [-0.05, 0) is 52.0 Å². The fourth-order valence-corrected chi connectivity index (χ4v) is 3.04. The molecule has 3 rings (SSSR count). The van der Waals surface area contributed by atoms with Gasteiger partial charge in [0.2, 0.25) is 0 Å². The minimum Gasteiger partial charge on any atom is -0.493 e. The summed E-state index contributed by atoms with van der Waals surface area (Å²) in [5.41, 5.74) is 5.76. The zero-order valence-corrected chi connectivity index (χ0v) is 17.1. The van der Waals surface area contributed by atoms with Crippen molar-refractivity contribution in [3.05, 3.63) is 58.6 Å². The van der Waals surface area contributed by atoms with E-state index >= 15 is 0 Å². The molecule has 0 saturated heterocycles. The molecular weight excluding hydrogens is 372 g/mol. The van der Waals surface area contributed by atoms with E-state index in [4.69, 9.17) is 14.0 Å². The first-order chi connectivity index (χ1) is 13.9.